The number of nitriles is 1. The lowest BCUT2D eigenvalue weighted by molar-refractivity contribution is 0.193. The topological polar surface area (TPSA) is 54.7 Å². The summed E-state index contributed by atoms with van der Waals surface area (Å²) in [5, 5.41) is 10.1. The third-order valence-corrected chi connectivity index (χ3v) is 5.80. The molecule has 0 aromatic heterocycles. The molecule has 5 heteroatoms. The van der Waals surface area contributed by atoms with Gasteiger partial charge < -0.3 is 14.2 Å². The first kappa shape index (κ1) is 20.0. The van der Waals surface area contributed by atoms with Crippen molar-refractivity contribution in [3.63, 3.8) is 0 Å². The summed E-state index contributed by atoms with van der Waals surface area (Å²) in [6.07, 6.45) is 1.82. The summed E-state index contributed by atoms with van der Waals surface area (Å²) in [6, 6.07) is 16.7. The molecule has 0 bridgehead atoms. The number of hydrogen-bond acceptors (Lipinski definition) is 5. The van der Waals surface area contributed by atoms with Crippen LogP contribution in [0, 0.1) is 17.2 Å². The fourth-order valence-electron chi connectivity index (χ4n) is 4.06. The summed E-state index contributed by atoms with van der Waals surface area (Å²) in [5.41, 5.74) is 1.57. The SMILES string of the molecule is COc1cc([C@@H]2C[C@H]2CC(C#N)(c2ccccc2)N(C)C)cc(OC)c1OC. The second-order valence-electron chi connectivity index (χ2n) is 7.50. The standard InChI is InChI=1S/C23H28N2O3/c1-25(2)23(15-24,18-9-7-6-8-10-18)14-17-11-19(17)16-12-20(26-3)22(28-5)21(13-16)27-4/h6-10,12-13,17,19H,11,14H2,1-5H3/t17-,19-,23?/m0/s1. The molecule has 0 aliphatic heterocycles. The van der Waals surface area contributed by atoms with Crippen LogP contribution in [0.4, 0.5) is 0 Å². The van der Waals surface area contributed by atoms with Crippen LogP contribution >= 0.6 is 0 Å². The summed E-state index contributed by atoms with van der Waals surface area (Å²) < 4.78 is 16.4. The summed E-state index contributed by atoms with van der Waals surface area (Å²) in [7, 11) is 8.83. The molecule has 3 rings (SSSR count). The van der Waals surface area contributed by atoms with Crippen molar-refractivity contribution in [2.24, 2.45) is 5.92 Å². The van der Waals surface area contributed by atoms with Gasteiger partial charge in [-0.3, -0.25) is 4.90 Å². The number of hydrogen-bond donors (Lipinski definition) is 0. The van der Waals surface area contributed by atoms with E-state index < -0.39 is 5.54 Å². The van der Waals surface area contributed by atoms with Crippen LogP contribution in [0.5, 0.6) is 17.2 Å². The van der Waals surface area contributed by atoms with E-state index in [1.807, 2.05) is 61.5 Å². The molecule has 0 radical (unpaired) electrons. The lowest BCUT2D eigenvalue weighted by Gasteiger charge is -2.34. The van der Waals surface area contributed by atoms with Crippen molar-refractivity contribution in [3.8, 4) is 23.3 Å². The van der Waals surface area contributed by atoms with Crippen molar-refractivity contribution >= 4 is 0 Å². The van der Waals surface area contributed by atoms with Gasteiger partial charge in [0.25, 0.3) is 0 Å². The van der Waals surface area contributed by atoms with Gasteiger partial charge in [0.15, 0.2) is 11.5 Å². The number of methoxy groups -OCH3 is 3. The molecule has 0 amide bonds. The van der Waals surface area contributed by atoms with Gasteiger partial charge in [0, 0.05) is 0 Å². The maximum Gasteiger partial charge on any atom is 0.203 e. The Bertz CT molecular complexity index is 835. The van der Waals surface area contributed by atoms with E-state index >= 15 is 0 Å². The molecule has 2 aromatic carbocycles. The Morgan fingerprint density at radius 3 is 2.11 bits per heavy atom. The van der Waals surface area contributed by atoms with Crippen LogP contribution in [-0.4, -0.2) is 40.3 Å². The average molecular weight is 380 g/mol. The Balaban J connectivity index is 1.88. The van der Waals surface area contributed by atoms with Crippen molar-refractivity contribution in [3.05, 3.63) is 53.6 Å². The van der Waals surface area contributed by atoms with Gasteiger partial charge in [-0.1, -0.05) is 30.3 Å². The normalized spacial score (nSPS) is 20.2. The number of rotatable bonds is 8. The summed E-state index contributed by atoms with van der Waals surface area (Å²) in [5.74, 6) is 2.75. The molecule has 28 heavy (non-hydrogen) atoms. The number of benzene rings is 2. The third kappa shape index (κ3) is 3.53. The maximum atomic E-state index is 10.1. The summed E-state index contributed by atoms with van der Waals surface area (Å²) >= 11 is 0. The molecule has 1 aliphatic carbocycles. The fraction of sp³-hybridized carbons (Fsp3) is 0.435. The molecule has 0 heterocycles. The first-order valence-electron chi connectivity index (χ1n) is 9.44. The molecular weight excluding hydrogens is 352 g/mol. The van der Waals surface area contributed by atoms with Gasteiger partial charge in [0.05, 0.1) is 27.4 Å². The van der Waals surface area contributed by atoms with Crippen LogP contribution in [-0.2, 0) is 5.54 Å². The minimum atomic E-state index is -0.638. The van der Waals surface area contributed by atoms with Gasteiger partial charge in [-0.2, -0.15) is 5.26 Å². The Morgan fingerprint density at radius 1 is 1.04 bits per heavy atom. The molecule has 1 unspecified atom stereocenters. The zero-order valence-electron chi connectivity index (χ0n) is 17.2. The summed E-state index contributed by atoms with van der Waals surface area (Å²) in [6.45, 7) is 0. The fourth-order valence-corrected chi connectivity index (χ4v) is 4.06. The van der Waals surface area contributed by atoms with Crippen molar-refractivity contribution in [2.45, 2.75) is 24.3 Å². The predicted molar refractivity (Wildman–Crippen MR) is 109 cm³/mol. The van der Waals surface area contributed by atoms with Crippen molar-refractivity contribution < 1.29 is 14.2 Å². The zero-order valence-corrected chi connectivity index (χ0v) is 17.2. The van der Waals surface area contributed by atoms with Crippen LogP contribution in [0.2, 0.25) is 0 Å². The van der Waals surface area contributed by atoms with Crippen molar-refractivity contribution in [1.29, 1.82) is 5.26 Å². The third-order valence-electron chi connectivity index (χ3n) is 5.80. The van der Waals surface area contributed by atoms with Gasteiger partial charge in [-0.25, -0.2) is 0 Å². The van der Waals surface area contributed by atoms with Crippen LogP contribution < -0.4 is 14.2 Å². The molecule has 0 spiro atoms. The molecular formula is C23H28N2O3. The van der Waals surface area contributed by atoms with E-state index in [1.54, 1.807) is 21.3 Å². The quantitative estimate of drug-likeness (QED) is 0.687. The average Bonchev–Trinajstić information content (AvgIpc) is 3.50. The molecule has 0 saturated heterocycles. The number of nitrogens with zero attached hydrogens (tertiary/aromatic N) is 2. The highest BCUT2D eigenvalue weighted by Gasteiger charge is 2.47. The van der Waals surface area contributed by atoms with E-state index in [2.05, 4.69) is 6.07 Å². The molecule has 1 fully saturated rings. The van der Waals surface area contributed by atoms with Gasteiger partial charge in [0.1, 0.15) is 5.54 Å². The van der Waals surface area contributed by atoms with Gasteiger partial charge >= 0.3 is 0 Å². The van der Waals surface area contributed by atoms with E-state index in [4.69, 9.17) is 14.2 Å². The van der Waals surface area contributed by atoms with E-state index in [0.717, 1.165) is 24.0 Å². The van der Waals surface area contributed by atoms with Gasteiger partial charge in [-0.05, 0) is 62.0 Å². The predicted octanol–water partition coefficient (Wildman–Crippen LogP) is 4.19. The first-order chi connectivity index (χ1) is 13.5. The smallest absolute Gasteiger partial charge is 0.203 e. The van der Waals surface area contributed by atoms with Crippen LogP contribution in [0.15, 0.2) is 42.5 Å². The first-order valence-corrected chi connectivity index (χ1v) is 9.44. The Labute approximate surface area is 167 Å². The monoisotopic (exact) mass is 380 g/mol. The maximum absolute atomic E-state index is 10.1. The Hall–Kier alpha value is -2.71. The number of ether oxygens (including phenoxy) is 3. The van der Waals surface area contributed by atoms with Crippen LogP contribution in [0.1, 0.15) is 29.9 Å². The van der Waals surface area contributed by atoms with Gasteiger partial charge in [0.2, 0.25) is 5.75 Å². The van der Waals surface area contributed by atoms with E-state index in [0.29, 0.717) is 29.1 Å². The van der Waals surface area contributed by atoms with Gasteiger partial charge in [-0.15, -0.1) is 0 Å². The summed E-state index contributed by atoms with van der Waals surface area (Å²) in [4.78, 5) is 2.03. The van der Waals surface area contributed by atoms with Crippen LogP contribution in [0.25, 0.3) is 0 Å². The second kappa shape index (κ2) is 8.12. The molecule has 1 aliphatic rings. The molecule has 2 aromatic rings. The van der Waals surface area contributed by atoms with Crippen molar-refractivity contribution in [2.75, 3.05) is 35.4 Å². The van der Waals surface area contributed by atoms with E-state index in [9.17, 15) is 5.26 Å². The molecule has 0 N–H and O–H groups in total. The molecule has 148 valence electrons. The van der Waals surface area contributed by atoms with E-state index in [1.165, 1.54) is 0 Å². The molecule has 5 nitrogen and oxygen atoms in total. The van der Waals surface area contributed by atoms with Crippen molar-refractivity contribution in [1.82, 2.24) is 4.90 Å². The second-order valence-corrected chi connectivity index (χ2v) is 7.50. The largest absolute Gasteiger partial charge is 0.493 e. The molecule has 1 saturated carbocycles. The highest BCUT2D eigenvalue weighted by Crippen LogP contribution is 2.55. The zero-order chi connectivity index (χ0) is 20.3. The molecule has 3 atom stereocenters. The minimum absolute atomic E-state index is 0.380. The lowest BCUT2D eigenvalue weighted by Crippen LogP contribution is -2.40. The van der Waals surface area contributed by atoms with E-state index in [-0.39, 0.29) is 0 Å². The Morgan fingerprint density at radius 2 is 1.64 bits per heavy atom. The highest BCUT2D eigenvalue weighted by molar-refractivity contribution is 5.55. The highest BCUT2D eigenvalue weighted by atomic mass is 16.5. The lowest BCUT2D eigenvalue weighted by atomic mass is 9.84. The Kier molecular flexibility index (Phi) is 5.81. The minimum Gasteiger partial charge on any atom is -0.493 e. The van der Waals surface area contributed by atoms with Crippen LogP contribution in [0.3, 0.4) is 0 Å².